The van der Waals surface area contributed by atoms with Crippen LogP contribution < -0.4 is 5.32 Å². The van der Waals surface area contributed by atoms with Crippen LogP contribution in [0.2, 0.25) is 0 Å². The second kappa shape index (κ2) is 4.78. The molecule has 1 aromatic rings. The lowest BCUT2D eigenvalue weighted by Gasteiger charge is -2.19. The fourth-order valence-corrected chi connectivity index (χ4v) is 2.73. The molecule has 17 heavy (non-hydrogen) atoms. The quantitative estimate of drug-likeness (QED) is 0.831. The van der Waals surface area contributed by atoms with Crippen molar-refractivity contribution in [2.45, 2.75) is 37.8 Å². The summed E-state index contributed by atoms with van der Waals surface area (Å²) in [6.45, 7) is 1.93. The number of imidazole rings is 1. The van der Waals surface area contributed by atoms with E-state index in [1.807, 2.05) is 19.4 Å². The van der Waals surface area contributed by atoms with Crippen molar-refractivity contribution < 1.29 is 4.74 Å². The number of aromatic nitrogens is 2. The Balaban J connectivity index is 1.46. The van der Waals surface area contributed by atoms with Crippen LogP contribution >= 0.6 is 0 Å². The van der Waals surface area contributed by atoms with Crippen molar-refractivity contribution in [1.29, 1.82) is 0 Å². The van der Waals surface area contributed by atoms with E-state index in [0.717, 1.165) is 31.3 Å². The van der Waals surface area contributed by atoms with Gasteiger partial charge in [0, 0.05) is 45.1 Å². The Morgan fingerprint density at radius 2 is 2.35 bits per heavy atom. The predicted octanol–water partition coefficient (Wildman–Crippen LogP) is 1.12. The zero-order chi connectivity index (χ0) is 11.7. The van der Waals surface area contributed by atoms with Gasteiger partial charge in [-0.05, 0) is 25.2 Å². The highest BCUT2D eigenvalue weighted by Gasteiger charge is 2.40. The molecule has 0 amide bonds. The van der Waals surface area contributed by atoms with Crippen molar-refractivity contribution in [3.63, 3.8) is 0 Å². The molecule has 1 aromatic heterocycles. The molecule has 4 heteroatoms. The molecule has 2 heterocycles. The Morgan fingerprint density at radius 3 is 3.06 bits per heavy atom. The number of rotatable bonds is 5. The number of aryl methyl sites for hydroxylation is 1. The number of hydrogen-bond donors (Lipinski definition) is 1. The van der Waals surface area contributed by atoms with E-state index in [1.165, 1.54) is 19.3 Å². The molecule has 0 radical (unpaired) electrons. The van der Waals surface area contributed by atoms with E-state index in [-0.39, 0.29) is 0 Å². The molecule has 4 nitrogen and oxygen atoms in total. The van der Waals surface area contributed by atoms with Gasteiger partial charge in [0.25, 0.3) is 0 Å². The first-order valence-corrected chi connectivity index (χ1v) is 6.66. The molecule has 2 aliphatic rings. The Morgan fingerprint density at radius 1 is 1.47 bits per heavy atom. The highest BCUT2D eigenvalue weighted by atomic mass is 16.5. The molecule has 0 aromatic carbocycles. The molecular weight excluding hydrogens is 214 g/mol. The van der Waals surface area contributed by atoms with Gasteiger partial charge in [0.2, 0.25) is 0 Å². The fourth-order valence-electron chi connectivity index (χ4n) is 2.73. The van der Waals surface area contributed by atoms with Gasteiger partial charge in [0.15, 0.2) is 0 Å². The molecule has 1 saturated carbocycles. The first-order chi connectivity index (χ1) is 8.34. The summed E-state index contributed by atoms with van der Waals surface area (Å²) in [4.78, 5) is 4.34. The molecule has 2 fully saturated rings. The van der Waals surface area contributed by atoms with Crippen LogP contribution in [0.4, 0.5) is 0 Å². The highest BCUT2D eigenvalue weighted by Crippen LogP contribution is 2.38. The zero-order valence-electron chi connectivity index (χ0n) is 10.4. The average molecular weight is 235 g/mol. The molecule has 0 spiro atoms. The third-order valence-corrected chi connectivity index (χ3v) is 3.90. The standard InChI is InChI=1S/C13H21N3O/c1-16-8-7-15-12(16)4-6-14-11-5-9-17-13(11)10-2-3-10/h7-8,10-11,13-14H,2-6,9H2,1H3. The molecule has 2 atom stereocenters. The average Bonchev–Trinajstić information content (AvgIpc) is 2.93. The van der Waals surface area contributed by atoms with Gasteiger partial charge >= 0.3 is 0 Å². The van der Waals surface area contributed by atoms with Crippen LogP contribution in [0, 0.1) is 5.92 Å². The van der Waals surface area contributed by atoms with Gasteiger partial charge in [-0.2, -0.15) is 0 Å². The minimum absolute atomic E-state index is 0.483. The van der Waals surface area contributed by atoms with Gasteiger partial charge in [-0.15, -0.1) is 0 Å². The van der Waals surface area contributed by atoms with Crippen LogP contribution in [0.25, 0.3) is 0 Å². The summed E-state index contributed by atoms with van der Waals surface area (Å²) in [5.74, 6) is 1.99. The van der Waals surface area contributed by atoms with Crippen molar-refractivity contribution >= 4 is 0 Å². The Labute approximate surface area is 102 Å². The summed E-state index contributed by atoms with van der Waals surface area (Å²) in [5, 5.41) is 3.64. The monoisotopic (exact) mass is 235 g/mol. The van der Waals surface area contributed by atoms with Crippen LogP contribution in [-0.4, -0.2) is 34.8 Å². The predicted molar refractivity (Wildman–Crippen MR) is 65.8 cm³/mol. The minimum Gasteiger partial charge on any atom is -0.376 e. The number of nitrogens with zero attached hydrogens (tertiary/aromatic N) is 2. The Kier molecular flexibility index (Phi) is 3.16. The summed E-state index contributed by atoms with van der Waals surface area (Å²) in [5.41, 5.74) is 0. The van der Waals surface area contributed by atoms with Crippen LogP contribution in [0.3, 0.4) is 0 Å². The van der Waals surface area contributed by atoms with Gasteiger partial charge in [0.05, 0.1) is 6.10 Å². The van der Waals surface area contributed by atoms with E-state index in [1.54, 1.807) is 0 Å². The van der Waals surface area contributed by atoms with E-state index < -0.39 is 0 Å². The van der Waals surface area contributed by atoms with Gasteiger partial charge in [0.1, 0.15) is 5.82 Å². The van der Waals surface area contributed by atoms with Gasteiger partial charge < -0.3 is 14.6 Å². The fraction of sp³-hybridized carbons (Fsp3) is 0.769. The molecule has 94 valence electrons. The van der Waals surface area contributed by atoms with E-state index in [0.29, 0.717) is 12.1 Å². The maximum Gasteiger partial charge on any atom is 0.109 e. The van der Waals surface area contributed by atoms with Crippen molar-refractivity contribution in [2.75, 3.05) is 13.2 Å². The molecule has 1 N–H and O–H groups in total. The van der Waals surface area contributed by atoms with Crippen molar-refractivity contribution in [3.05, 3.63) is 18.2 Å². The molecular formula is C13H21N3O. The number of ether oxygens (including phenoxy) is 1. The Bertz CT molecular complexity index is 372. The summed E-state index contributed by atoms with van der Waals surface area (Å²) >= 11 is 0. The van der Waals surface area contributed by atoms with E-state index >= 15 is 0 Å². The lowest BCUT2D eigenvalue weighted by Crippen LogP contribution is -2.38. The third kappa shape index (κ3) is 2.53. The summed E-state index contributed by atoms with van der Waals surface area (Å²) in [7, 11) is 2.05. The minimum atomic E-state index is 0.483. The lowest BCUT2D eigenvalue weighted by molar-refractivity contribution is 0.0812. The zero-order valence-corrected chi connectivity index (χ0v) is 10.4. The molecule has 2 unspecified atom stereocenters. The van der Waals surface area contributed by atoms with Crippen LogP contribution in [0.1, 0.15) is 25.1 Å². The van der Waals surface area contributed by atoms with Crippen LogP contribution in [-0.2, 0) is 18.2 Å². The first kappa shape index (κ1) is 11.2. The third-order valence-electron chi connectivity index (χ3n) is 3.90. The number of hydrogen-bond acceptors (Lipinski definition) is 3. The largest absolute Gasteiger partial charge is 0.376 e. The van der Waals surface area contributed by atoms with Crippen molar-refractivity contribution in [3.8, 4) is 0 Å². The van der Waals surface area contributed by atoms with Crippen molar-refractivity contribution in [2.24, 2.45) is 13.0 Å². The first-order valence-electron chi connectivity index (χ1n) is 6.66. The van der Waals surface area contributed by atoms with E-state index in [2.05, 4.69) is 14.9 Å². The van der Waals surface area contributed by atoms with Gasteiger partial charge in [-0.25, -0.2) is 4.98 Å². The van der Waals surface area contributed by atoms with Crippen LogP contribution in [0.5, 0.6) is 0 Å². The number of nitrogens with one attached hydrogen (secondary N) is 1. The SMILES string of the molecule is Cn1ccnc1CCNC1CCOC1C1CC1. The van der Waals surface area contributed by atoms with E-state index in [9.17, 15) is 0 Å². The van der Waals surface area contributed by atoms with Gasteiger partial charge in [-0.3, -0.25) is 0 Å². The molecule has 1 aliphatic carbocycles. The second-order valence-corrected chi connectivity index (χ2v) is 5.23. The molecule has 1 aliphatic heterocycles. The lowest BCUT2D eigenvalue weighted by atomic mass is 10.1. The summed E-state index contributed by atoms with van der Waals surface area (Å²) < 4.78 is 7.91. The van der Waals surface area contributed by atoms with Crippen LogP contribution in [0.15, 0.2) is 12.4 Å². The highest BCUT2D eigenvalue weighted by molar-refractivity contribution is 4.95. The Hall–Kier alpha value is -0.870. The maximum atomic E-state index is 5.82. The molecule has 1 saturated heterocycles. The van der Waals surface area contributed by atoms with Gasteiger partial charge in [-0.1, -0.05) is 0 Å². The molecule has 0 bridgehead atoms. The van der Waals surface area contributed by atoms with Crippen molar-refractivity contribution in [1.82, 2.24) is 14.9 Å². The second-order valence-electron chi connectivity index (χ2n) is 5.23. The van der Waals surface area contributed by atoms with E-state index in [4.69, 9.17) is 4.74 Å². The topological polar surface area (TPSA) is 39.1 Å². The normalized spacial score (nSPS) is 28.8. The maximum absolute atomic E-state index is 5.82. The molecule has 3 rings (SSSR count). The smallest absolute Gasteiger partial charge is 0.109 e. The summed E-state index contributed by atoms with van der Waals surface area (Å²) in [6, 6.07) is 0.572. The summed E-state index contributed by atoms with van der Waals surface area (Å²) in [6.07, 6.45) is 9.24.